The van der Waals surface area contributed by atoms with Gasteiger partial charge in [0.15, 0.2) is 5.11 Å². The first kappa shape index (κ1) is 17.0. The highest BCUT2D eigenvalue weighted by Crippen LogP contribution is 2.24. The van der Waals surface area contributed by atoms with Gasteiger partial charge in [0.2, 0.25) is 0 Å². The molecule has 0 radical (unpaired) electrons. The van der Waals surface area contributed by atoms with Gasteiger partial charge >= 0.3 is 0 Å². The number of fused-ring (bicyclic) bond motifs is 1. The third-order valence-electron chi connectivity index (χ3n) is 4.92. The lowest BCUT2D eigenvalue weighted by Crippen LogP contribution is -2.52. The molecule has 2 nitrogen and oxygen atoms in total. The molecule has 2 aromatic rings. The van der Waals surface area contributed by atoms with E-state index in [1.807, 2.05) is 6.08 Å². The molecule has 1 aliphatic rings. The lowest BCUT2D eigenvalue weighted by atomic mass is 9.90. The number of hydrogen-bond donors (Lipinski definition) is 1. The van der Waals surface area contributed by atoms with Crippen molar-refractivity contribution in [3.05, 3.63) is 60.7 Å². The van der Waals surface area contributed by atoms with E-state index >= 15 is 0 Å². The summed E-state index contributed by atoms with van der Waals surface area (Å²) in [5.74, 6) is 0. The highest BCUT2D eigenvalue weighted by molar-refractivity contribution is 7.80. The van der Waals surface area contributed by atoms with Crippen LogP contribution in [0.1, 0.15) is 31.7 Å². The van der Waals surface area contributed by atoms with Gasteiger partial charge in [-0.1, -0.05) is 48.5 Å². The van der Waals surface area contributed by atoms with Gasteiger partial charge in [-0.2, -0.15) is 0 Å². The van der Waals surface area contributed by atoms with Crippen LogP contribution in [0.15, 0.2) is 55.1 Å². The van der Waals surface area contributed by atoms with E-state index in [0.29, 0.717) is 0 Å². The second kappa shape index (κ2) is 7.35. The van der Waals surface area contributed by atoms with Crippen molar-refractivity contribution in [2.45, 2.75) is 38.1 Å². The van der Waals surface area contributed by atoms with Crippen LogP contribution < -0.4 is 5.32 Å². The molecule has 0 bridgehead atoms. The lowest BCUT2D eigenvalue weighted by molar-refractivity contribution is 0.328. The first-order chi connectivity index (χ1) is 11.6. The maximum atomic E-state index is 5.67. The van der Waals surface area contributed by atoms with Gasteiger partial charge in [-0.15, -0.1) is 6.58 Å². The van der Waals surface area contributed by atoms with E-state index in [-0.39, 0.29) is 5.54 Å². The van der Waals surface area contributed by atoms with Crippen molar-refractivity contribution in [1.29, 1.82) is 0 Å². The van der Waals surface area contributed by atoms with Crippen LogP contribution in [0.4, 0.5) is 0 Å². The summed E-state index contributed by atoms with van der Waals surface area (Å²) < 4.78 is 0. The molecule has 1 saturated heterocycles. The predicted octanol–water partition coefficient (Wildman–Crippen LogP) is 4.69. The van der Waals surface area contributed by atoms with E-state index in [2.05, 4.69) is 66.2 Å². The summed E-state index contributed by atoms with van der Waals surface area (Å²) in [6, 6.07) is 15.0. The summed E-state index contributed by atoms with van der Waals surface area (Å²) in [6.45, 7) is 8.37. The number of likely N-dealkylation sites (tertiary alicyclic amines) is 1. The standard InChI is InChI=1S/C21H26N2S/c1-3-21(2,22-20(24)23-14-7-4-8-15-23)16-18-12-9-11-17-10-5-6-13-19(17)18/h3,5-6,9-13H,1,4,7-8,14-16H2,2H3,(H,22,24). The van der Waals surface area contributed by atoms with Crippen molar-refractivity contribution in [3.8, 4) is 0 Å². The van der Waals surface area contributed by atoms with Crippen molar-refractivity contribution in [3.63, 3.8) is 0 Å². The fourth-order valence-corrected chi connectivity index (χ4v) is 3.85. The third kappa shape index (κ3) is 3.78. The van der Waals surface area contributed by atoms with E-state index < -0.39 is 0 Å². The summed E-state index contributed by atoms with van der Waals surface area (Å²) in [6.07, 6.45) is 6.64. The largest absolute Gasteiger partial charge is 0.354 e. The van der Waals surface area contributed by atoms with E-state index in [4.69, 9.17) is 12.2 Å². The molecule has 1 N–H and O–H groups in total. The third-order valence-corrected chi connectivity index (χ3v) is 5.28. The van der Waals surface area contributed by atoms with Gasteiger partial charge in [0.25, 0.3) is 0 Å². The fraction of sp³-hybridized carbons (Fsp3) is 0.381. The Bertz CT molecular complexity index is 728. The van der Waals surface area contributed by atoms with Gasteiger partial charge in [0, 0.05) is 13.1 Å². The number of nitrogens with zero attached hydrogens (tertiary/aromatic N) is 1. The maximum Gasteiger partial charge on any atom is 0.169 e. The zero-order valence-electron chi connectivity index (χ0n) is 14.4. The maximum absolute atomic E-state index is 5.67. The van der Waals surface area contributed by atoms with E-state index in [9.17, 15) is 0 Å². The molecule has 0 aliphatic carbocycles. The van der Waals surface area contributed by atoms with Crippen molar-refractivity contribution in [1.82, 2.24) is 10.2 Å². The van der Waals surface area contributed by atoms with Gasteiger partial charge in [0.05, 0.1) is 5.54 Å². The van der Waals surface area contributed by atoms with E-state index in [1.54, 1.807) is 0 Å². The summed E-state index contributed by atoms with van der Waals surface area (Å²) in [5, 5.41) is 7.01. The van der Waals surface area contributed by atoms with Crippen LogP contribution >= 0.6 is 12.2 Å². The molecule has 3 rings (SSSR count). The molecule has 2 aromatic carbocycles. The zero-order chi connectivity index (χ0) is 17.0. The first-order valence-electron chi connectivity index (χ1n) is 8.79. The molecular formula is C21H26N2S. The molecule has 0 spiro atoms. The monoisotopic (exact) mass is 338 g/mol. The van der Waals surface area contributed by atoms with Crippen LogP contribution in [0, 0.1) is 0 Å². The average molecular weight is 339 g/mol. The Balaban J connectivity index is 1.79. The minimum absolute atomic E-state index is 0.251. The van der Waals surface area contributed by atoms with Gasteiger partial charge in [-0.25, -0.2) is 0 Å². The molecule has 1 atom stereocenters. The topological polar surface area (TPSA) is 15.3 Å². The quantitative estimate of drug-likeness (QED) is 0.643. The molecule has 3 heteroatoms. The fourth-order valence-electron chi connectivity index (χ4n) is 3.43. The SMILES string of the molecule is C=CC(C)(Cc1cccc2ccccc12)NC(=S)N1CCCCC1. The number of piperidine rings is 1. The van der Waals surface area contributed by atoms with Crippen molar-refractivity contribution < 1.29 is 0 Å². The number of nitrogens with one attached hydrogen (secondary N) is 1. The molecule has 24 heavy (non-hydrogen) atoms. The minimum Gasteiger partial charge on any atom is -0.354 e. The molecule has 0 aromatic heterocycles. The van der Waals surface area contributed by atoms with E-state index in [1.165, 1.54) is 35.6 Å². The molecule has 1 aliphatic heterocycles. The van der Waals surface area contributed by atoms with Crippen LogP contribution in [-0.2, 0) is 6.42 Å². The second-order valence-corrected chi connectivity index (χ2v) is 7.30. The molecule has 0 amide bonds. The highest BCUT2D eigenvalue weighted by Gasteiger charge is 2.25. The van der Waals surface area contributed by atoms with Gasteiger partial charge in [0.1, 0.15) is 0 Å². The molecule has 1 fully saturated rings. The Kier molecular flexibility index (Phi) is 5.20. The van der Waals surface area contributed by atoms with Gasteiger partial charge in [-0.05, 0) is 61.2 Å². The smallest absolute Gasteiger partial charge is 0.169 e. The molecule has 126 valence electrons. The van der Waals surface area contributed by atoms with Crippen LogP contribution in [0.2, 0.25) is 0 Å². The van der Waals surface area contributed by atoms with Crippen molar-refractivity contribution >= 4 is 28.1 Å². The average Bonchev–Trinajstić information content (AvgIpc) is 2.63. The summed E-state index contributed by atoms with van der Waals surface area (Å²) in [4.78, 5) is 2.30. The Morgan fingerprint density at radius 1 is 1.17 bits per heavy atom. The number of rotatable bonds is 4. The number of thiocarbonyl (C=S) groups is 1. The molecular weight excluding hydrogens is 312 g/mol. The van der Waals surface area contributed by atoms with Crippen LogP contribution in [0.5, 0.6) is 0 Å². The Labute approximate surface area is 150 Å². The zero-order valence-corrected chi connectivity index (χ0v) is 15.2. The Morgan fingerprint density at radius 3 is 2.62 bits per heavy atom. The Morgan fingerprint density at radius 2 is 1.88 bits per heavy atom. The normalized spacial score (nSPS) is 17.3. The minimum atomic E-state index is -0.251. The Hall–Kier alpha value is -1.87. The van der Waals surface area contributed by atoms with Crippen LogP contribution in [-0.4, -0.2) is 28.6 Å². The summed E-state index contributed by atoms with van der Waals surface area (Å²) >= 11 is 5.67. The van der Waals surface area contributed by atoms with Crippen LogP contribution in [0.3, 0.4) is 0 Å². The molecule has 1 unspecified atom stereocenters. The van der Waals surface area contributed by atoms with Gasteiger partial charge < -0.3 is 10.2 Å². The highest BCUT2D eigenvalue weighted by atomic mass is 32.1. The summed E-state index contributed by atoms with van der Waals surface area (Å²) in [7, 11) is 0. The van der Waals surface area contributed by atoms with Crippen molar-refractivity contribution in [2.24, 2.45) is 0 Å². The molecule has 0 saturated carbocycles. The number of hydrogen-bond acceptors (Lipinski definition) is 1. The van der Waals surface area contributed by atoms with Gasteiger partial charge in [-0.3, -0.25) is 0 Å². The number of benzene rings is 2. The lowest BCUT2D eigenvalue weighted by Gasteiger charge is -2.36. The summed E-state index contributed by atoms with van der Waals surface area (Å²) in [5.41, 5.74) is 1.07. The molecule has 1 heterocycles. The predicted molar refractivity (Wildman–Crippen MR) is 107 cm³/mol. The van der Waals surface area contributed by atoms with E-state index in [0.717, 1.165) is 24.6 Å². The first-order valence-corrected chi connectivity index (χ1v) is 9.19. The van der Waals surface area contributed by atoms with Crippen LogP contribution in [0.25, 0.3) is 10.8 Å². The van der Waals surface area contributed by atoms with Crippen molar-refractivity contribution in [2.75, 3.05) is 13.1 Å². The second-order valence-electron chi connectivity index (χ2n) is 6.91.